The van der Waals surface area contributed by atoms with Crippen LogP contribution in [0, 0.1) is 0 Å². The van der Waals surface area contributed by atoms with Crippen LogP contribution >= 0.6 is 11.3 Å². The van der Waals surface area contributed by atoms with Crippen molar-refractivity contribution in [3.63, 3.8) is 0 Å². The Morgan fingerprint density at radius 2 is 0.517 bits per heavy atom. The fourth-order valence-electron chi connectivity index (χ4n) is 13.0. The van der Waals surface area contributed by atoms with Crippen LogP contribution in [0.5, 0.6) is 34.5 Å². The maximum atomic E-state index is 5.77. The van der Waals surface area contributed by atoms with Gasteiger partial charge >= 0.3 is 0 Å². The van der Waals surface area contributed by atoms with Crippen molar-refractivity contribution in [3.8, 4) is 72.7 Å². The van der Waals surface area contributed by atoms with Gasteiger partial charge in [0, 0.05) is 60.5 Å². The van der Waals surface area contributed by atoms with Gasteiger partial charge in [-0.05, 0) is 168 Å². The minimum absolute atomic E-state index is 0.785. The number of hydrogen-bond acceptors (Lipinski definition) is 9. The number of methoxy groups -OCH3 is 6. The summed E-state index contributed by atoms with van der Waals surface area (Å²) in [5, 5.41) is 17.5. The van der Waals surface area contributed by atoms with E-state index in [9.17, 15) is 0 Å². The van der Waals surface area contributed by atoms with E-state index in [1.165, 1.54) is 0 Å². The van der Waals surface area contributed by atoms with Gasteiger partial charge < -0.3 is 42.1 Å². The minimum Gasteiger partial charge on any atom is -0.497 e. The van der Waals surface area contributed by atoms with Gasteiger partial charge in [0.2, 0.25) is 0 Å². The molecule has 0 radical (unpaired) electrons. The predicted octanol–water partition coefficient (Wildman–Crippen LogP) is 17.6. The quantitative estimate of drug-likeness (QED) is 0.0937. The number of hydrogen-bond donors (Lipinski definition) is 0. The molecule has 0 bridgehead atoms. The molecule has 15 aromatic rings. The lowest BCUT2D eigenvalue weighted by Crippen LogP contribution is -2.31. The summed E-state index contributed by atoms with van der Waals surface area (Å²) in [7, 11) is 10.2. The molecule has 0 N–H and O–H groups in total. The van der Waals surface area contributed by atoms with Crippen molar-refractivity contribution in [2.45, 2.75) is 5.41 Å². The molecule has 0 amide bonds. The number of rotatable bonds is 15. The van der Waals surface area contributed by atoms with Crippen molar-refractivity contribution in [3.05, 3.63) is 259 Å². The Labute approximate surface area is 506 Å². The van der Waals surface area contributed by atoms with Gasteiger partial charge in [-0.3, -0.25) is 0 Å². The molecular formula is C75H57N5O6S. The van der Waals surface area contributed by atoms with Gasteiger partial charge in [-0.25, -0.2) is 0 Å². The highest BCUT2D eigenvalue weighted by Gasteiger charge is 2.39. The van der Waals surface area contributed by atoms with Gasteiger partial charge in [0.05, 0.1) is 81.2 Å². The van der Waals surface area contributed by atoms with E-state index in [0.717, 1.165) is 160 Å². The van der Waals surface area contributed by atoms with Gasteiger partial charge in [0.25, 0.3) is 0 Å². The second kappa shape index (κ2) is 21.4. The average molecular weight is 1160 g/mol. The van der Waals surface area contributed by atoms with Gasteiger partial charge in [-0.2, -0.15) is 0 Å². The molecule has 0 spiro atoms. The SMILES string of the molecule is COc1ccc2c(c1)c1cc(OC)ccc1n2-c1ccc(C(c2ccc(-c3nnc(-c4ccccc4)s3)cc2)(c2ccc(-n3c4ccc(OC)cc4c4cc(OC)ccc43)cc2)c2ccc(-n3c4ccc(OC)cc4c4cc(OC)ccc43)cc2)cc1. The fourth-order valence-corrected chi connectivity index (χ4v) is 13.9. The third-order valence-corrected chi connectivity index (χ3v) is 18.2. The van der Waals surface area contributed by atoms with Gasteiger partial charge in [-0.1, -0.05) is 102 Å². The number of benzene rings is 11. The molecule has 4 heterocycles. The van der Waals surface area contributed by atoms with E-state index in [1.54, 1.807) is 54.0 Å². The Morgan fingerprint density at radius 3 is 0.770 bits per heavy atom. The van der Waals surface area contributed by atoms with Crippen LogP contribution in [0.25, 0.3) is 104 Å². The van der Waals surface area contributed by atoms with Crippen LogP contribution in [0.4, 0.5) is 0 Å². The van der Waals surface area contributed by atoms with E-state index in [1.807, 2.05) is 54.6 Å². The van der Waals surface area contributed by atoms with Crippen molar-refractivity contribution in [1.29, 1.82) is 0 Å². The molecule has 0 saturated heterocycles. The number of fused-ring (bicyclic) bond motifs is 9. The molecule has 12 heteroatoms. The molecular weight excluding hydrogens is 1100 g/mol. The molecule has 87 heavy (non-hydrogen) atoms. The third-order valence-electron chi connectivity index (χ3n) is 17.2. The fraction of sp³-hybridized carbons (Fsp3) is 0.0933. The Morgan fingerprint density at radius 1 is 0.276 bits per heavy atom. The highest BCUT2D eigenvalue weighted by Crippen LogP contribution is 2.48. The van der Waals surface area contributed by atoms with Crippen LogP contribution in [-0.4, -0.2) is 66.6 Å². The standard InChI is InChI=1S/C75H57N5O6S/c1-81-55-28-34-67-61(40-55)62-41-56(82-2)29-35-68(62)78(67)52-22-16-49(17-23-52)75(48-14-12-47(13-15-48)74-77-76-73(87-74)46-10-8-7-9-11-46,50-18-24-53(25-19-50)79-69-36-30-57(83-3)42-63(69)64-43-58(84-4)31-37-70(64)79)51-20-26-54(27-21-51)80-71-38-32-59(85-5)44-65(71)66-45-60(86-6)33-39-72(66)80/h7-45H,1-6H3. The van der Waals surface area contributed by atoms with Crippen molar-refractivity contribution in [2.75, 3.05) is 42.7 Å². The van der Waals surface area contributed by atoms with Gasteiger partial charge in [-0.15, -0.1) is 10.2 Å². The zero-order valence-electron chi connectivity index (χ0n) is 48.6. The summed E-state index contributed by atoms with van der Waals surface area (Å²) < 4.78 is 41.6. The molecule has 0 aliphatic rings. The first-order valence-corrected chi connectivity index (χ1v) is 29.4. The van der Waals surface area contributed by atoms with Crippen LogP contribution in [-0.2, 0) is 5.41 Å². The summed E-state index contributed by atoms with van der Waals surface area (Å²) in [5.41, 5.74) is 14.7. The molecule has 424 valence electrons. The monoisotopic (exact) mass is 1160 g/mol. The summed E-state index contributed by atoms with van der Waals surface area (Å²) in [6.45, 7) is 0. The maximum Gasteiger partial charge on any atom is 0.148 e. The molecule has 11 nitrogen and oxygen atoms in total. The van der Waals surface area contributed by atoms with Crippen molar-refractivity contribution in [2.24, 2.45) is 0 Å². The number of ether oxygens (including phenoxy) is 6. The zero-order chi connectivity index (χ0) is 58.9. The summed E-state index contributed by atoms with van der Waals surface area (Å²) in [6.07, 6.45) is 0. The smallest absolute Gasteiger partial charge is 0.148 e. The topological polar surface area (TPSA) is 96.0 Å². The predicted molar refractivity (Wildman–Crippen MR) is 351 cm³/mol. The number of nitrogens with zero attached hydrogens (tertiary/aromatic N) is 5. The van der Waals surface area contributed by atoms with Crippen LogP contribution < -0.4 is 28.4 Å². The van der Waals surface area contributed by atoms with Gasteiger partial charge in [0.15, 0.2) is 0 Å². The van der Waals surface area contributed by atoms with Crippen molar-refractivity contribution < 1.29 is 28.4 Å². The van der Waals surface area contributed by atoms with E-state index < -0.39 is 5.41 Å². The molecule has 0 saturated carbocycles. The van der Waals surface area contributed by atoms with Gasteiger partial charge in [0.1, 0.15) is 44.5 Å². The van der Waals surface area contributed by atoms with Crippen LogP contribution in [0.15, 0.2) is 237 Å². The Balaban J connectivity index is 0.963. The van der Waals surface area contributed by atoms with E-state index in [4.69, 9.17) is 33.5 Å². The van der Waals surface area contributed by atoms with Crippen LogP contribution in [0.2, 0.25) is 0 Å². The molecule has 0 atom stereocenters. The summed E-state index contributed by atoms with van der Waals surface area (Å²) >= 11 is 1.59. The second-order valence-corrected chi connectivity index (χ2v) is 22.5. The summed E-state index contributed by atoms with van der Waals surface area (Å²) in [6, 6.07) is 84.1. The average Bonchev–Trinajstić information content (AvgIpc) is 1.93. The summed E-state index contributed by atoms with van der Waals surface area (Å²) in [5.74, 6) is 4.71. The Hall–Kier alpha value is -10.8. The summed E-state index contributed by atoms with van der Waals surface area (Å²) in [4.78, 5) is 0. The highest BCUT2D eigenvalue weighted by molar-refractivity contribution is 7.17. The normalized spacial score (nSPS) is 11.8. The number of aromatic nitrogens is 5. The van der Waals surface area contributed by atoms with E-state index in [0.29, 0.717) is 0 Å². The Kier molecular flexibility index (Phi) is 13.0. The molecule has 15 rings (SSSR count). The lowest BCUT2D eigenvalue weighted by molar-refractivity contribution is 0.415. The van der Waals surface area contributed by atoms with E-state index >= 15 is 0 Å². The molecule has 0 aliphatic heterocycles. The maximum absolute atomic E-state index is 5.77. The van der Waals surface area contributed by atoms with Crippen molar-refractivity contribution >= 4 is 76.8 Å². The first kappa shape index (κ1) is 52.9. The highest BCUT2D eigenvalue weighted by atomic mass is 32.1. The largest absolute Gasteiger partial charge is 0.497 e. The van der Waals surface area contributed by atoms with Crippen LogP contribution in [0.1, 0.15) is 22.3 Å². The van der Waals surface area contributed by atoms with Crippen LogP contribution in [0.3, 0.4) is 0 Å². The first-order valence-electron chi connectivity index (χ1n) is 28.6. The molecule has 11 aromatic carbocycles. The van der Waals surface area contributed by atoms with E-state index in [2.05, 4.69) is 201 Å². The molecule has 0 unspecified atom stereocenters. The molecule has 4 aromatic heterocycles. The molecule has 0 fully saturated rings. The molecule has 0 aliphatic carbocycles. The lowest BCUT2D eigenvalue weighted by Gasteiger charge is -2.37. The zero-order valence-corrected chi connectivity index (χ0v) is 49.4. The minimum atomic E-state index is -0.908. The lowest BCUT2D eigenvalue weighted by atomic mass is 9.65. The van der Waals surface area contributed by atoms with E-state index in [-0.39, 0.29) is 0 Å². The second-order valence-electron chi connectivity index (χ2n) is 21.6. The van der Waals surface area contributed by atoms with Crippen molar-refractivity contribution in [1.82, 2.24) is 23.9 Å². The Bertz CT molecular complexity index is 4510. The third kappa shape index (κ3) is 8.62. The first-order chi connectivity index (χ1) is 42.8.